The van der Waals surface area contributed by atoms with Crippen molar-refractivity contribution >= 4 is 37.7 Å². The molecule has 0 saturated heterocycles. The van der Waals surface area contributed by atoms with Gasteiger partial charge in [-0.1, -0.05) is 22.0 Å². The number of carbonyl (C=O) groups is 1. The van der Waals surface area contributed by atoms with Gasteiger partial charge in [0.2, 0.25) is 0 Å². The summed E-state index contributed by atoms with van der Waals surface area (Å²) in [6.45, 7) is 0.986. The van der Waals surface area contributed by atoms with Crippen molar-refractivity contribution in [1.82, 2.24) is 4.90 Å². The van der Waals surface area contributed by atoms with Crippen LogP contribution in [-0.4, -0.2) is 33.1 Å². The molecule has 8 heteroatoms. The van der Waals surface area contributed by atoms with Crippen molar-refractivity contribution in [3.05, 3.63) is 58.1 Å². The number of nitrogens with zero attached hydrogens (tertiary/aromatic N) is 1. The number of sulfonamides is 1. The van der Waals surface area contributed by atoms with Crippen LogP contribution >= 0.6 is 15.9 Å². The van der Waals surface area contributed by atoms with Crippen LogP contribution in [0.1, 0.15) is 11.1 Å². The van der Waals surface area contributed by atoms with Crippen molar-refractivity contribution in [3.63, 3.8) is 0 Å². The predicted octanol–water partition coefficient (Wildman–Crippen LogP) is 3.37. The minimum Gasteiger partial charge on any atom is -0.453 e. The van der Waals surface area contributed by atoms with Crippen LogP contribution in [0.3, 0.4) is 0 Å². The largest absolute Gasteiger partial charge is 0.453 e. The molecule has 25 heavy (non-hydrogen) atoms. The fourth-order valence-electron chi connectivity index (χ4n) is 2.73. The van der Waals surface area contributed by atoms with Crippen LogP contribution in [0.25, 0.3) is 0 Å². The third-order valence-corrected chi connectivity index (χ3v) is 5.95. The number of anilines is 1. The molecule has 1 aliphatic rings. The lowest BCUT2D eigenvalue weighted by atomic mass is 9.99. The Hall–Kier alpha value is -2.06. The SMILES string of the molecule is COC(=O)N1CCc2ccc(NS(=O)(=O)c3ccc(Br)cc3)cc2C1. The van der Waals surface area contributed by atoms with Crippen molar-refractivity contribution < 1.29 is 17.9 Å². The van der Waals surface area contributed by atoms with E-state index in [0.717, 1.165) is 15.6 Å². The van der Waals surface area contributed by atoms with Gasteiger partial charge in [-0.3, -0.25) is 4.72 Å². The number of halogens is 1. The van der Waals surface area contributed by atoms with Gasteiger partial charge in [-0.05, 0) is 53.9 Å². The average Bonchev–Trinajstić information content (AvgIpc) is 2.60. The first-order valence-electron chi connectivity index (χ1n) is 7.62. The molecule has 1 aliphatic heterocycles. The molecule has 132 valence electrons. The van der Waals surface area contributed by atoms with Gasteiger partial charge in [0.05, 0.1) is 12.0 Å². The summed E-state index contributed by atoms with van der Waals surface area (Å²) >= 11 is 3.29. The van der Waals surface area contributed by atoms with Gasteiger partial charge in [0.25, 0.3) is 10.0 Å². The van der Waals surface area contributed by atoms with Crippen LogP contribution in [-0.2, 0) is 27.7 Å². The van der Waals surface area contributed by atoms with Gasteiger partial charge in [0, 0.05) is 23.2 Å². The number of hydrogen-bond donors (Lipinski definition) is 1. The van der Waals surface area contributed by atoms with Crippen molar-refractivity contribution in [2.75, 3.05) is 18.4 Å². The van der Waals surface area contributed by atoms with Crippen LogP contribution in [0.15, 0.2) is 51.8 Å². The average molecular weight is 425 g/mol. The number of benzene rings is 2. The molecule has 2 aromatic rings. The summed E-state index contributed by atoms with van der Waals surface area (Å²) in [5.41, 5.74) is 2.48. The van der Waals surface area contributed by atoms with Crippen LogP contribution < -0.4 is 4.72 Å². The topological polar surface area (TPSA) is 75.7 Å². The van der Waals surface area contributed by atoms with E-state index in [1.54, 1.807) is 29.2 Å². The Kier molecular flexibility index (Phi) is 5.01. The smallest absolute Gasteiger partial charge is 0.409 e. The summed E-state index contributed by atoms with van der Waals surface area (Å²) < 4.78 is 33.1. The van der Waals surface area contributed by atoms with E-state index in [0.29, 0.717) is 25.2 Å². The molecule has 0 aliphatic carbocycles. The Balaban J connectivity index is 1.82. The maximum absolute atomic E-state index is 12.5. The normalized spacial score (nSPS) is 13.9. The molecule has 1 heterocycles. The molecule has 1 amide bonds. The van der Waals surface area contributed by atoms with Gasteiger partial charge in [-0.25, -0.2) is 13.2 Å². The van der Waals surface area contributed by atoms with E-state index in [1.807, 2.05) is 6.07 Å². The molecule has 0 spiro atoms. The highest BCUT2D eigenvalue weighted by atomic mass is 79.9. The molecule has 3 rings (SSSR count). The second kappa shape index (κ2) is 7.05. The standard InChI is InChI=1S/C17H17BrN2O4S/c1-24-17(21)20-9-8-12-2-5-15(10-13(12)11-20)19-25(22,23)16-6-3-14(18)4-7-16/h2-7,10,19H,8-9,11H2,1H3. The number of methoxy groups -OCH3 is 1. The van der Waals surface area contributed by atoms with Crippen LogP contribution in [0.4, 0.5) is 10.5 Å². The van der Waals surface area contributed by atoms with E-state index in [1.165, 1.54) is 19.2 Å². The first-order chi connectivity index (χ1) is 11.9. The summed E-state index contributed by atoms with van der Waals surface area (Å²) in [6.07, 6.45) is 0.330. The van der Waals surface area contributed by atoms with Gasteiger partial charge >= 0.3 is 6.09 Å². The van der Waals surface area contributed by atoms with Crippen molar-refractivity contribution in [1.29, 1.82) is 0 Å². The monoisotopic (exact) mass is 424 g/mol. The Morgan fingerprint density at radius 1 is 1.16 bits per heavy atom. The fourth-order valence-corrected chi connectivity index (χ4v) is 4.05. The predicted molar refractivity (Wildman–Crippen MR) is 97.9 cm³/mol. The van der Waals surface area contributed by atoms with E-state index in [4.69, 9.17) is 4.74 Å². The molecule has 1 N–H and O–H groups in total. The minimum absolute atomic E-state index is 0.185. The quantitative estimate of drug-likeness (QED) is 0.818. The molecule has 0 atom stereocenters. The third kappa shape index (κ3) is 3.96. The Bertz CT molecular complexity index is 897. The number of fused-ring (bicyclic) bond motifs is 1. The zero-order chi connectivity index (χ0) is 18.0. The maximum Gasteiger partial charge on any atom is 0.409 e. The molecule has 0 unspecified atom stereocenters. The Morgan fingerprint density at radius 3 is 2.56 bits per heavy atom. The van der Waals surface area contributed by atoms with Crippen molar-refractivity contribution in [2.24, 2.45) is 0 Å². The minimum atomic E-state index is -3.67. The molecule has 0 aromatic heterocycles. The molecule has 0 radical (unpaired) electrons. The molecule has 0 fully saturated rings. The molecular formula is C17H17BrN2O4S. The van der Waals surface area contributed by atoms with Crippen molar-refractivity contribution in [3.8, 4) is 0 Å². The Morgan fingerprint density at radius 2 is 1.88 bits per heavy atom. The lowest BCUT2D eigenvalue weighted by Crippen LogP contribution is -2.35. The van der Waals surface area contributed by atoms with Gasteiger partial charge in [-0.15, -0.1) is 0 Å². The van der Waals surface area contributed by atoms with Gasteiger partial charge in [0.1, 0.15) is 0 Å². The van der Waals surface area contributed by atoms with Crippen molar-refractivity contribution in [2.45, 2.75) is 17.9 Å². The number of ether oxygens (including phenoxy) is 1. The summed E-state index contributed by atoms with van der Waals surface area (Å²) in [4.78, 5) is 13.5. The Labute approximate surface area is 155 Å². The number of amides is 1. The zero-order valence-electron chi connectivity index (χ0n) is 13.5. The fraction of sp³-hybridized carbons (Fsp3) is 0.235. The van der Waals surface area contributed by atoms with E-state index in [9.17, 15) is 13.2 Å². The van der Waals surface area contributed by atoms with Gasteiger partial charge in [0.15, 0.2) is 0 Å². The van der Waals surface area contributed by atoms with E-state index in [2.05, 4.69) is 20.7 Å². The third-order valence-electron chi connectivity index (χ3n) is 4.03. The van der Waals surface area contributed by atoms with Gasteiger partial charge in [-0.2, -0.15) is 0 Å². The highest BCUT2D eigenvalue weighted by Crippen LogP contribution is 2.25. The second-order valence-corrected chi connectivity index (χ2v) is 8.28. The van der Waals surface area contributed by atoms with Gasteiger partial charge < -0.3 is 9.64 Å². The maximum atomic E-state index is 12.5. The number of hydrogen-bond acceptors (Lipinski definition) is 4. The molecule has 6 nitrogen and oxygen atoms in total. The summed E-state index contributed by atoms with van der Waals surface area (Å²) in [5.74, 6) is 0. The van der Waals surface area contributed by atoms with E-state index < -0.39 is 10.0 Å². The molecule has 0 bridgehead atoms. The first-order valence-corrected chi connectivity index (χ1v) is 9.90. The molecule has 0 saturated carbocycles. The zero-order valence-corrected chi connectivity index (χ0v) is 15.9. The van der Waals surface area contributed by atoms with Crippen LogP contribution in [0.2, 0.25) is 0 Å². The van der Waals surface area contributed by atoms with E-state index in [-0.39, 0.29) is 11.0 Å². The number of carbonyl (C=O) groups excluding carboxylic acids is 1. The van der Waals surface area contributed by atoms with E-state index >= 15 is 0 Å². The second-order valence-electron chi connectivity index (χ2n) is 5.68. The molecular weight excluding hydrogens is 408 g/mol. The highest BCUT2D eigenvalue weighted by molar-refractivity contribution is 9.10. The summed E-state index contributed by atoms with van der Waals surface area (Å²) in [5, 5.41) is 0. The number of rotatable bonds is 3. The lowest BCUT2D eigenvalue weighted by molar-refractivity contribution is 0.118. The number of nitrogens with one attached hydrogen (secondary N) is 1. The highest BCUT2D eigenvalue weighted by Gasteiger charge is 2.22. The summed E-state index contributed by atoms with van der Waals surface area (Å²) in [6, 6.07) is 11.8. The first kappa shape index (κ1) is 17.8. The van der Waals surface area contributed by atoms with Crippen LogP contribution in [0, 0.1) is 0 Å². The van der Waals surface area contributed by atoms with Crippen LogP contribution in [0.5, 0.6) is 0 Å². The summed E-state index contributed by atoms with van der Waals surface area (Å²) in [7, 11) is -2.32. The lowest BCUT2D eigenvalue weighted by Gasteiger charge is -2.28. The molecule has 2 aromatic carbocycles.